The van der Waals surface area contributed by atoms with Gasteiger partial charge in [0, 0.05) is 36.1 Å². The maximum atomic E-state index is 12.8. The number of furan rings is 1. The van der Waals surface area contributed by atoms with Gasteiger partial charge in [-0.1, -0.05) is 19.3 Å². The number of hydrogen-bond donors (Lipinski definition) is 1. The number of benzene rings is 1. The summed E-state index contributed by atoms with van der Waals surface area (Å²) in [5, 5.41) is 4.31. The molecule has 0 radical (unpaired) electrons. The molecular formula is C23H32N2O3. The van der Waals surface area contributed by atoms with Crippen LogP contribution in [-0.2, 0) is 16.0 Å². The molecule has 0 bridgehead atoms. The van der Waals surface area contributed by atoms with Crippen molar-refractivity contribution in [2.45, 2.75) is 57.9 Å². The van der Waals surface area contributed by atoms with E-state index in [1.165, 1.54) is 43.2 Å². The molecule has 1 amide bonds. The second-order valence-corrected chi connectivity index (χ2v) is 8.53. The Balaban J connectivity index is 1.43. The number of nitrogens with zero attached hydrogens (tertiary/aromatic N) is 1. The first kappa shape index (κ1) is 19.5. The van der Waals surface area contributed by atoms with Crippen molar-refractivity contribution in [2.24, 2.45) is 0 Å². The van der Waals surface area contributed by atoms with E-state index >= 15 is 0 Å². The number of ether oxygens (including phenoxy) is 1. The lowest BCUT2D eigenvalue weighted by atomic mass is 9.79. The Morgan fingerprint density at radius 1 is 1.11 bits per heavy atom. The van der Waals surface area contributed by atoms with Gasteiger partial charge in [-0.15, -0.1) is 0 Å². The van der Waals surface area contributed by atoms with E-state index < -0.39 is 0 Å². The first-order valence-electron chi connectivity index (χ1n) is 10.6. The van der Waals surface area contributed by atoms with Crippen molar-refractivity contribution in [1.29, 1.82) is 0 Å². The Kier molecular flexibility index (Phi) is 5.74. The summed E-state index contributed by atoms with van der Waals surface area (Å²) in [4.78, 5) is 15.3. The fraction of sp³-hybridized carbons (Fsp3) is 0.609. The predicted octanol–water partition coefficient (Wildman–Crippen LogP) is 3.74. The molecule has 1 saturated heterocycles. The summed E-state index contributed by atoms with van der Waals surface area (Å²) in [5.41, 5.74) is 4.37. The Morgan fingerprint density at radius 2 is 1.82 bits per heavy atom. The van der Waals surface area contributed by atoms with Crippen molar-refractivity contribution in [3.05, 3.63) is 35.1 Å². The zero-order valence-electron chi connectivity index (χ0n) is 17.2. The van der Waals surface area contributed by atoms with E-state index in [9.17, 15) is 4.79 Å². The molecule has 5 heteroatoms. The Bertz CT molecular complexity index is 830. The molecule has 1 saturated carbocycles. The first-order valence-corrected chi connectivity index (χ1v) is 10.6. The molecule has 5 nitrogen and oxygen atoms in total. The third-order valence-corrected chi connectivity index (χ3v) is 6.70. The second kappa shape index (κ2) is 8.26. The number of morpholine rings is 1. The fourth-order valence-electron chi connectivity index (χ4n) is 4.82. The molecule has 1 aliphatic heterocycles. The zero-order chi connectivity index (χ0) is 19.6. The number of aryl methyl sites for hydroxylation is 2. The van der Waals surface area contributed by atoms with Crippen molar-refractivity contribution in [2.75, 3.05) is 32.8 Å². The number of amides is 1. The molecule has 1 N–H and O–H groups in total. The van der Waals surface area contributed by atoms with Gasteiger partial charge in [0.1, 0.15) is 5.58 Å². The molecule has 1 aromatic carbocycles. The van der Waals surface area contributed by atoms with Crippen molar-refractivity contribution in [3.8, 4) is 0 Å². The van der Waals surface area contributed by atoms with Crippen LogP contribution in [-0.4, -0.2) is 49.2 Å². The van der Waals surface area contributed by atoms with Crippen LogP contribution < -0.4 is 5.32 Å². The number of carbonyl (C=O) groups is 1. The highest BCUT2D eigenvalue weighted by molar-refractivity contribution is 5.88. The molecule has 2 aliphatic rings. The topological polar surface area (TPSA) is 54.7 Å². The van der Waals surface area contributed by atoms with Crippen molar-refractivity contribution < 1.29 is 13.9 Å². The summed E-state index contributed by atoms with van der Waals surface area (Å²) in [7, 11) is 0. The molecule has 1 aromatic heterocycles. The largest absolute Gasteiger partial charge is 0.464 e. The highest BCUT2D eigenvalue weighted by Crippen LogP contribution is 2.34. The minimum absolute atomic E-state index is 0.0825. The van der Waals surface area contributed by atoms with Gasteiger partial charge in [-0.05, 0) is 49.9 Å². The lowest BCUT2D eigenvalue weighted by Crippen LogP contribution is -2.59. The summed E-state index contributed by atoms with van der Waals surface area (Å²) in [6, 6.07) is 4.19. The molecule has 0 unspecified atom stereocenters. The third-order valence-electron chi connectivity index (χ3n) is 6.70. The lowest BCUT2D eigenvalue weighted by molar-refractivity contribution is -0.121. The van der Waals surface area contributed by atoms with E-state index in [2.05, 4.69) is 36.2 Å². The molecule has 2 fully saturated rings. The monoisotopic (exact) mass is 384 g/mol. The van der Waals surface area contributed by atoms with Gasteiger partial charge in [-0.25, -0.2) is 0 Å². The van der Waals surface area contributed by atoms with Crippen LogP contribution in [0.5, 0.6) is 0 Å². The van der Waals surface area contributed by atoms with Crippen LogP contribution in [0.25, 0.3) is 11.0 Å². The van der Waals surface area contributed by atoms with Crippen LogP contribution in [0.3, 0.4) is 0 Å². The standard InChI is InChI=1S/C23H32N2O3/c1-17-12-20-19(15-28-21(20)13-18(17)2)14-22(26)24-16-23(6-4-3-5-7-23)25-8-10-27-11-9-25/h12-13,15H,3-11,14,16H2,1-2H3,(H,24,26). The molecule has 0 spiro atoms. The number of hydrogen-bond acceptors (Lipinski definition) is 4. The molecule has 152 valence electrons. The van der Waals surface area contributed by atoms with E-state index in [0.29, 0.717) is 6.42 Å². The molecule has 2 aromatic rings. The van der Waals surface area contributed by atoms with Gasteiger partial charge < -0.3 is 14.5 Å². The number of rotatable bonds is 5. The van der Waals surface area contributed by atoms with Crippen LogP contribution in [0.1, 0.15) is 48.8 Å². The molecular weight excluding hydrogens is 352 g/mol. The van der Waals surface area contributed by atoms with E-state index in [0.717, 1.165) is 49.4 Å². The highest BCUT2D eigenvalue weighted by atomic mass is 16.5. The molecule has 0 atom stereocenters. The minimum atomic E-state index is 0.0825. The number of fused-ring (bicyclic) bond motifs is 1. The maximum absolute atomic E-state index is 12.8. The Labute approximate surface area is 167 Å². The Hall–Kier alpha value is -1.85. The van der Waals surface area contributed by atoms with Gasteiger partial charge >= 0.3 is 0 Å². The van der Waals surface area contributed by atoms with Gasteiger partial charge in [0.25, 0.3) is 0 Å². The Morgan fingerprint density at radius 3 is 2.57 bits per heavy atom. The third kappa shape index (κ3) is 3.96. The molecule has 2 heterocycles. The van der Waals surface area contributed by atoms with Crippen LogP contribution in [0, 0.1) is 13.8 Å². The van der Waals surface area contributed by atoms with Gasteiger partial charge in [0.05, 0.1) is 25.9 Å². The SMILES string of the molecule is Cc1cc2occ(CC(=O)NCC3(N4CCOCC4)CCCCC3)c2cc1C. The quantitative estimate of drug-likeness (QED) is 0.853. The second-order valence-electron chi connectivity index (χ2n) is 8.53. The van der Waals surface area contributed by atoms with Crippen molar-refractivity contribution in [1.82, 2.24) is 10.2 Å². The van der Waals surface area contributed by atoms with Crippen LogP contribution in [0.15, 0.2) is 22.8 Å². The van der Waals surface area contributed by atoms with Gasteiger partial charge in [-0.3, -0.25) is 9.69 Å². The summed E-state index contributed by atoms with van der Waals surface area (Å²) in [5.74, 6) is 0.0825. The van der Waals surface area contributed by atoms with E-state index in [1.54, 1.807) is 6.26 Å². The number of nitrogens with one attached hydrogen (secondary N) is 1. The average Bonchev–Trinajstić information content (AvgIpc) is 3.09. The average molecular weight is 385 g/mol. The van der Waals surface area contributed by atoms with Gasteiger partial charge in [-0.2, -0.15) is 0 Å². The summed E-state index contributed by atoms with van der Waals surface area (Å²) < 4.78 is 11.2. The smallest absolute Gasteiger partial charge is 0.224 e. The molecule has 4 rings (SSSR count). The van der Waals surface area contributed by atoms with Crippen molar-refractivity contribution >= 4 is 16.9 Å². The van der Waals surface area contributed by atoms with Gasteiger partial charge in [0.2, 0.25) is 5.91 Å². The summed E-state index contributed by atoms with van der Waals surface area (Å²) >= 11 is 0. The predicted molar refractivity (Wildman–Crippen MR) is 111 cm³/mol. The molecule has 28 heavy (non-hydrogen) atoms. The van der Waals surface area contributed by atoms with Crippen LogP contribution in [0.4, 0.5) is 0 Å². The van der Waals surface area contributed by atoms with Crippen LogP contribution in [0.2, 0.25) is 0 Å². The normalized spacial score (nSPS) is 20.4. The highest BCUT2D eigenvalue weighted by Gasteiger charge is 2.38. The number of carbonyl (C=O) groups excluding carboxylic acids is 1. The molecule has 1 aliphatic carbocycles. The maximum Gasteiger partial charge on any atom is 0.224 e. The zero-order valence-corrected chi connectivity index (χ0v) is 17.2. The minimum Gasteiger partial charge on any atom is -0.464 e. The summed E-state index contributed by atoms with van der Waals surface area (Å²) in [6.07, 6.45) is 8.24. The van der Waals surface area contributed by atoms with Crippen molar-refractivity contribution in [3.63, 3.8) is 0 Å². The first-order chi connectivity index (χ1) is 13.6. The van der Waals surface area contributed by atoms with Crippen LogP contribution >= 0.6 is 0 Å². The summed E-state index contributed by atoms with van der Waals surface area (Å²) in [6.45, 7) is 8.46. The van der Waals surface area contributed by atoms with E-state index in [1.807, 2.05) is 0 Å². The van der Waals surface area contributed by atoms with E-state index in [4.69, 9.17) is 9.15 Å². The van der Waals surface area contributed by atoms with Gasteiger partial charge in [0.15, 0.2) is 0 Å². The van der Waals surface area contributed by atoms with E-state index in [-0.39, 0.29) is 11.4 Å². The lowest BCUT2D eigenvalue weighted by Gasteiger charge is -2.48. The fourth-order valence-corrected chi connectivity index (χ4v) is 4.82.